The number of carbonyl (C=O) groups is 1. The standard InChI is InChI=1S/C18H15F3N2O3/c1-26-14-9-5-8-13(10-14)16(24)23-17(25,18(19,20)21)11-15(22-23)12-6-3-2-4-7-12/h2-10,25H,11H2,1H3/t17-/m0/s1. The number of hydrazone groups is 1. The Bertz CT molecular complexity index is 852. The lowest BCUT2D eigenvalue weighted by molar-refractivity contribution is -0.297. The summed E-state index contributed by atoms with van der Waals surface area (Å²) in [6.45, 7) is 0. The predicted molar refractivity (Wildman–Crippen MR) is 87.8 cm³/mol. The van der Waals surface area contributed by atoms with Crippen molar-refractivity contribution in [2.24, 2.45) is 5.10 Å². The normalized spacial score (nSPS) is 20.0. The van der Waals surface area contributed by atoms with Crippen molar-refractivity contribution in [2.45, 2.75) is 18.3 Å². The highest BCUT2D eigenvalue weighted by molar-refractivity contribution is 6.05. The van der Waals surface area contributed by atoms with E-state index in [0.29, 0.717) is 11.3 Å². The second-order valence-corrected chi connectivity index (χ2v) is 5.75. The maximum absolute atomic E-state index is 13.6. The molecule has 0 saturated heterocycles. The summed E-state index contributed by atoms with van der Waals surface area (Å²) in [5, 5.41) is 14.2. The highest BCUT2D eigenvalue weighted by atomic mass is 19.4. The number of alkyl halides is 3. The number of hydrogen-bond acceptors (Lipinski definition) is 4. The molecular weight excluding hydrogens is 349 g/mol. The first-order valence-corrected chi connectivity index (χ1v) is 7.67. The molecule has 1 atom stereocenters. The molecule has 0 unspecified atom stereocenters. The van der Waals surface area contributed by atoms with Crippen LogP contribution in [0.5, 0.6) is 5.75 Å². The molecule has 5 nitrogen and oxygen atoms in total. The predicted octanol–water partition coefficient (Wildman–Crippen LogP) is 3.20. The number of halogens is 3. The van der Waals surface area contributed by atoms with E-state index in [0.717, 1.165) is 0 Å². The summed E-state index contributed by atoms with van der Waals surface area (Å²) in [5.74, 6) is -0.771. The fourth-order valence-electron chi connectivity index (χ4n) is 2.65. The highest BCUT2D eigenvalue weighted by Gasteiger charge is 2.63. The van der Waals surface area contributed by atoms with E-state index in [1.807, 2.05) is 0 Å². The minimum absolute atomic E-state index is 0.0262. The molecule has 26 heavy (non-hydrogen) atoms. The van der Waals surface area contributed by atoms with Crippen LogP contribution in [0.2, 0.25) is 0 Å². The van der Waals surface area contributed by atoms with Crippen LogP contribution in [-0.2, 0) is 0 Å². The number of rotatable bonds is 3. The minimum Gasteiger partial charge on any atom is -0.497 e. The second-order valence-electron chi connectivity index (χ2n) is 5.75. The zero-order chi connectivity index (χ0) is 18.9. The summed E-state index contributed by atoms with van der Waals surface area (Å²) >= 11 is 0. The van der Waals surface area contributed by atoms with E-state index in [1.54, 1.807) is 36.4 Å². The highest BCUT2D eigenvalue weighted by Crippen LogP contribution is 2.42. The maximum atomic E-state index is 13.6. The Balaban J connectivity index is 2.04. The largest absolute Gasteiger partial charge is 0.497 e. The minimum atomic E-state index is -5.08. The number of methoxy groups -OCH3 is 1. The number of nitrogens with zero attached hydrogens (tertiary/aromatic N) is 2. The van der Waals surface area contributed by atoms with Gasteiger partial charge in [-0.25, -0.2) is 0 Å². The van der Waals surface area contributed by atoms with Gasteiger partial charge >= 0.3 is 6.18 Å². The summed E-state index contributed by atoms with van der Waals surface area (Å²) < 4.78 is 45.7. The number of hydrogen-bond donors (Lipinski definition) is 1. The number of ether oxygens (including phenoxy) is 1. The first-order valence-electron chi connectivity index (χ1n) is 7.67. The van der Waals surface area contributed by atoms with E-state index in [9.17, 15) is 23.1 Å². The molecule has 0 spiro atoms. The smallest absolute Gasteiger partial charge is 0.438 e. The van der Waals surface area contributed by atoms with Gasteiger partial charge in [0.25, 0.3) is 11.6 Å². The number of aliphatic hydroxyl groups is 1. The number of benzene rings is 2. The molecule has 0 aliphatic carbocycles. The zero-order valence-corrected chi connectivity index (χ0v) is 13.7. The SMILES string of the molecule is COc1cccc(C(=O)N2N=C(c3ccccc3)C[C@]2(O)C(F)(F)F)c1. The van der Waals surface area contributed by atoms with Crippen LogP contribution in [0, 0.1) is 0 Å². The van der Waals surface area contributed by atoms with Gasteiger partial charge in [-0.05, 0) is 23.8 Å². The average molecular weight is 364 g/mol. The molecule has 1 amide bonds. The molecule has 0 bridgehead atoms. The van der Waals surface area contributed by atoms with Crippen molar-refractivity contribution in [3.8, 4) is 5.75 Å². The van der Waals surface area contributed by atoms with Crippen molar-refractivity contribution in [2.75, 3.05) is 7.11 Å². The quantitative estimate of drug-likeness (QED) is 0.910. The van der Waals surface area contributed by atoms with Crippen LogP contribution in [0.3, 0.4) is 0 Å². The fraction of sp³-hybridized carbons (Fsp3) is 0.222. The lowest BCUT2D eigenvalue weighted by Crippen LogP contribution is -2.56. The van der Waals surface area contributed by atoms with Gasteiger partial charge in [-0.3, -0.25) is 4.79 Å². The number of amides is 1. The summed E-state index contributed by atoms with van der Waals surface area (Å²) in [5.41, 5.74) is -3.12. The van der Waals surface area contributed by atoms with Crippen molar-refractivity contribution in [3.05, 3.63) is 65.7 Å². The van der Waals surface area contributed by atoms with Crippen molar-refractivity contribution in [3.63, 3.8) is 0 Å². The molecule has 0 aromatic heterocycles. The van der Waals surface area contributed by atoms with Gasteiger partial charge in [-0.15, -0.1) is 0 Å². The van der Waals surface area contributed by atoms with E-state index in [4.69, 9.17) is 4.74 Å². The average Bonchev–Trinajstić information content (AvgIpc) is 3.01. The molecule has 0 saturated carbocycles. The van der Waals surface area contributed by atoms with Gasteiger partial charge in [0.1, 0.15) is 5.75 Å². The van der Waals surface area contributed by atoms with Crippen LogP contribution in [0.4, 0.5) is 13.2 Å². The van der Waals surface area contributed by atoms with Crippen LogP contribution >= 0.6 is 0 Å². The molecule has 8 heteroatoms. The third-order valence-corrected chi connectivity index (χ3v) is 4.06. The van der Waals surface area contributed by atoms with E-state index in [-0.39, 0.29) is 16.3 Å². The van der Waals surface area contributed by atoms with E-state index in [1.165, 1.54) is 25.3 Å². The summed E-state index contributed by atoms with van der Waals surface area (Å²) in [6.07, 6.45) is -5.93. The monoisotopic (exact) mass is 364 g/mol. The lowest BCUT2D eigenvalue weighted by atomic mass is 10.0. The Kier molecular flexibility index (Phi) is 4.45. The summed E-state index contributed by atoms with van der Waals surface area (Å²) in [6, 6.07) is 13.7. The Labute approximate surface area is 147 Å². The van der Waals surface area contributed by atoms with Gasteiger partial charge < -0.3 is 9.84 Å². The van der Waals surface area contributed by atoms with Crippen molar-refractivity contribution >= 4 is 11.6 Å². The third-order valence-electron chi connectivity index (χ3n) is 4.06. The number of carbonyl (C=O) groups excluding carboxylic acids is 1. The fourth-order valence-corrected chi connectivity index (χ4v) is 2.65. The van der Waals surface area contributed by atoms with E-state index < -0.39 is 24.2 Å². The molecule has 1 heterocycles. The van der Waals surface area contributed by atoms with Gasteiger partial charge in [0.15, 0.2) is 0 Å². The molecule has 2 aromatic rings. The van der Waals surface area contributed by atoms with Crippen molar-refractivity contribution in [1.82, 2.24) is 5.01 Å². The van der Waals surface area contributed by atoms with Crippen LogP contribution in [0.1, 0.15) is 22.3 Å². The van der Waals surface area contributed by atoms with Gasteiger partial charge in [0, 0.05) is 5.56 Å². The van der Waals surface area contributed by atoms with Crippen molar-refractivity contribution < 1.29 is 27.8 Å². The molecule has 0 radical (unpaired) electrons. The molecule has 1 aliphatic heterocycles. The van der Waals surface area contributed by atoms with Gasteiger partial charge in [-0.1, -0.05) is 36.4 Å². The second kappa shape index (κ2) is 6.45. The molecule has 1 N–H and O–H groups in total. The molecule has 3 rings (SSSR count). The Hall–Kier alpha value is -2.87. The van der Waals surface area contributed by atoms with Crippen molar-refractivity contribution in [1.29, 1.82) is 0 Å². The van der Waals surface area contributed by atoms with Crippen LogP contribution in [-0.4, -0.2) is 40.7 Å². The third kappa shape index (κ3) is 3.03. The van der Waals surface area contributed by atoms with Gasteiger partial charge in [-0.2, -0.15) is 23.3 Å². The topological polar surface area (TPSA) is 62.1 Å². The summed E-state index contributed by atoms with van der Waals surface area (Å²) in [4.78, 5) is 12.7. The first-order chi connectivity index (χ1) is 12.3. The Morgan fingerprint density at radius 1 is 1.19 bits per heavy atom. The Morgan fingerprint density at radius 3 is 2.50 bits per heavy atom. The molecule has 2 aromatic carbocycles. The van der Waals surface area contributed by atoms with E-state index in [2.05, 4.69) is 5.10 Å². The van der Waals surface area contributed by atoms with Crippen LogP contribution in [0.15, 0.2) is 59.7 Å². The van der Waals surface area contributed by atoms with Crippen LogP contribution < -0.4 is 4.74 Å². The van der Waals surface area contributed by atoms with E-state index >= 15 is 0 Å². The summed E-state index contributed by atoms with van der Waals surface area (Å²) in [7, 11) is 1.37. The molecule has 1 aliphatic rings. The first kappa shape index (κ1) is 17.9. The van der Waals surface area contributed by atoms with Crippen LogP contribution in [0.25, 0.3) is 0 Å². The molecule has 136 valence electrons. The van der Waals surface area contributed by atoms with Gasteiger partial charge in [0.2, 0.25) is 0 Å². The molecular formula is C18H15F3N2O3. The zero-order valence-electron chi connectivity index (χ0n) is 13.7. The Morgan fingerprint density at radius 2 is 1.88 bits per heavy atom. The maximum Gasteiger partial charge on any atom is 0.438 e. The lowest BCUT2D eigenvalue weighted by Gasteiger charge is -2.32. The molecule has 0 fully saturated rings. The van der Waals surface area contributed by atoms with Gasteiger partial charge in [0.05, 0.1) is 19.2 Å².